The Morgan fingerprint density at radius 1 is 1.33 bits per heavy atom. The van der Waals surface area contributed by atoms with Crippen molar-refractivity contribution < 1.29 is 27.4 Å². The van der Waals surface area contributed by atoms with Crippen molar-refractivity contribution in [3.63, 3.8) is 0 Å². The van der Waals surface area contributed by atoms with Crippen molar-refractivity contribution in [2.45, 2.75) is 26.3 Å². The lowest BCUT2D eigenvalue weighted by Gasteiger charge is -2.10. The summed E-state index contributed by atoms with van der Waals surface area (Å²) in [5.74, 6) is -0.811. The van der Waals surface area contributed by atoms with Crippen LogP contribution in [-0.4, -0.2) is 24.9 Å². The van der Waals surface area contributed by atoms with Gasteiger partial charge in [0.25, 0.3) is 0 Å². The Bertz CT molecular complexity index is 413. The van der Waals surface area contributed by atoms with Gasteiger partial charge in [-0.2, -0.15) is 0 Å². The average molecular weight is 262 g/mol. The van der Waals surface area contributed by atoms with Gasteiger partial charge in [-0.3, -0.25) is 4.79 Å². The molecule has 0 radical (unpaired) electrons. The summed E-state index contributed by atoms with van der Waals surface area (Å²) < 4.78 is 44.8. The highest BCUT2D eigenvalue weighted by Gasteiger charge is 2.31. The van der Waals surface area contributed by atoms with Crippen LogP contribution in [-0.2, 0) is 4.74 Å². The normalized spacial score (nSPS) is 11.7. The van der Waals surface area contributed by atoms with E-state index < -0.39 is 17.9 Å². The summed E-state index contributed by atoms with van der Waals surface area (Å²) in [5.41, 5.74) is 0.123. The van der Waals surface area contributed by atoms with Crippen LogP contribution in [0.4, 0.5) is 13.2 Å². The van der Waals surface area contributed by atoms with Gasteiger partial charge in [0.2, 0.25) is 0 Å². The van der Waals surface area contributed by atoms with E-state index in [0.717, 1.165) is 12.1 Å². The van der Waals surface area contributed by atoms with Crippen LogP contribution in [0.1, 0.15) is 24.2 Å². The van der Waals surface area contributed by atoms with E-state index in [0.29, 0.717) is 0 Å². The minimum absolute atomic E-state index is 0.122. The molecule has 0 heterocycles. The second-order valence-electron chi connectivity index (χ2n) is 3.86. The molecule has 3 nitrogen and oxygen atoms in total. The highest BCUT2D eigenvalue weighted by molar-refractivity contribution is 5.97. The summed E-state index contributed by atoms with van der Waals surface area (Å²) in [5, 5.41) is 0. The summed E-state index contributed by atoms with van der Waals surface area (Å²) in [6.07, 6.45) is -4.89. The molecule has 1 rings (SSSR count). The molecule has 0 aromatic heterocycles. The van der Waals surface area contributed by atoms with E-state index in [9.17, 15) is 18.0 Å². The van der Waals surface area contributed by atoms with Gasteiger partial charge in [-0.15, -0.1) is 13.2 Å². The van der Waals surface area contributed by atoms with E-state index in [-0.39, 0.29) is 18.3 Å². The molecular formula is C12H13F3O3. The minimum Gasteiger partial charge on any atom is -0.406 e. The van der Waals surface area contributed by atoms with Gasteiger partial charge in [0.15, 0.2) is 5.78 Å². The first-order valence-corrected chi connectivity index (χ1v) is 5.28. The fourth-order valence-corrected chi connectivity index (χ4v) is 1.19. The van der Waals surface area contributed by atoms with Crippen LogP contribution in [0.15, 0.2) is 24.3 Å². The summed E-state index contributed by atoms with van der Waals surface area (Å²) >= 11 is 0. The van der Waals surface area contributed by atoms with Crippen molar-refractivity contribution in [2.24, 2.45) is 0 Å². The summed E-state index contributed by atoms with van der Waals surface area (Å²) in [6, 6.07) is 4.91. The maximum Gasteiger partial charge on any atom is 0.573 e. The van der Waals surface area contributed by atoms with Crippen LogP contribution in [0, 0.1) is 0 Å². The maximum atomic E-state index is 12.0. The second kappa shape index (κ2) is 5.86. The van der Waals surface area contributed by atoms with E-state index >= 15 is 0 Å². The van der Waals surface area contributed by atoms with E-state index in [1.807, 2.05) is 0 Å². The molecule has 0 bridgehead atoms. The summed E-state index contributed by atoms with van der Waals surface area (Å²) in [4.78, 5) is 11.6. The molecule has 0 atom stereocenters. The quantitative estimate of drug-likeness (QED) is 0.764. The predicted octanol–water partition coefficient (Wildman–Crippen LogP) is 3.19. The monoisotopic (exact) mass is 262 g/mol. The average Bonchev–Trinajstić information content (AvgIpc) is 2.23. The molecule has 0 amide bonds. The smallest absolute Gasteiger partial charge is 0.406 e. The first-order chi connectivity index (χ1) is 8.28. The number of hydrogen-bond donors (Lipinski definition) is 0. The molecule has 0 fully saturated rings. The number of ether oxygens (including phenoxy) is 2. The molecule has 1 aromatic rings. The van der Waals surface area contributed by atoms with Gasteiger partial charge in [0, 0.05) is 5.56 Å². The van der Waals surface area contributed by atoms with E-state index in [2.05, 4.69) is 4.74 Å². The van der Waals surface area contributed by atoms with Crippen LogP contribution in [0.3, 0.4) is 0 Å². The van der Waals surface area contributed by atoms with E-state index in [4.69, 9.17) is 4.74 Å². The maximum absolute atomic E-state index is 12.0. The fraction of sp³-hybridized carbons (Fsp3) is 0.417. The minimum atomic E-state index is -4.77. The Kier molecular flexibility index (Phi) is 4.72. The van der Waals surface area contributed by atoms with Gasteiger partial charge in [-0.05, 0) is 26.0 Å². The number of carbonyl (C=O) groups excluding carboxylic acids is 1. The van der Waals surface area contributed by atoms with Crippen molar-refractivity contribution >= 4 is 5.78 Å². The summed E-state index contributed by atoms with van der Waals surface area (Å²) in [6.45, 7) is 3.35. The molecule has 0 saturated carbocycles. The first kappa shape index (κ1) is 14.5. The molecule has 0 aliphatic rings. The molecular weight excluding hydrogens is 249 g/mol. The Hall–Kier alpha value is -1.56. The fourth-order valence-electron chi connectivity index (χ4n) is 1.19. The number of hydrogen-bond acceptors (Lipinski definition) is 3. The van der Waals surface area contributed by atoms with Crippen molar-refractivity contribution in [3.05, 3.63) is 29.8 Å². The van der Waals surface area contributed by atoms with Crippen LogP contribution in [0.25, 0.3) is 0 Å². The zero-order valence-electron chi connectivity index (χ0n) is 9.95. The first-order valence-electron chi connectivity index (χ1n) is 5.28. The molecule has 0 unspecified atom stereocenters. The molecule has 1 aromatic carbocycles. The molecule has 0 spiro atoms. The third-order valence-corrected chi connectivity index (χ3v) is 1.94. The van der Waals surface area contributed by atoms with Gasteiger partial charge in [0.05, 0.1) is 6.10 Å². The topological polar surface area (TPSA) is 35.5 Å². The number of alkyl halides is 3. The van der Waals surface area contributed by atoms with Gasteiger partial charge < -0.3 is 9.47 Å². The second-order valence-corrected chi connectivity index (χ2v) is 3.86. The third kappa shape index (κ3) is 5.18. The number of Topliss-reactive ketones (excluding diaryl/α,β-unsaturated/α-hetero) is 1. The number of carbonyl (C=O) groups is 1. The molecule has 100 valence electrons. The molecule has 0 aliphatic carbocycles. The Balaban J connectivity index is 2.72. The number of ketones is 1. The Labute approximate surface area is 103 Å². The number of rotatable bonds is 5. The van der Waals surface area contributed by atoms with Crippen molar-refractivity contribution in [1.82, 2.24) is 0 Å². The molecule has 0 N–H and O–H groups in total. The van der Waals surface area contributed by atoms with E-state index in [1.165, 1.54) is 12.1 Å². The van der Waals surface area contributed by atoms with Crippen LogP contribution in [0.2, 0.25) is 0 Å². The van der Waals surface area contributed by atoms with Crippen molar-refractivity contribution in [1.29, 1.82) is 0 Å². The largest absolute Gasteiger partial charge is 0.573 e. The lowest BCUT2D eigenvalue weighted by Crippen LogP contribution is -2.18. The van der Waals surface area contributed by atoms with Crippen LogP contribution >= 0.6 is 0 Å². The third-order valence-electron chi connectivity index (χ3n) is 1.94. The summed E-state index contributed by atoms with van der Waals surface area (Å²) in [7, 11) is 0. The number of benzene rings is 1. The lowest BCUT2D eigenvalue weighted by molar-refractivity contribution is -0.274. The van der Waals surface area contributed by atoms with Crippen LogP contribution < -0.4 is 4.74 Å². The lowest BCUT2D eigenvalue weighted by atomic mass is 10.1. The van der Waals surface area contributed by atoms with Crippen molar-refractivity contribution in [3.8, 4) is 5.75 Å². The Morgan fingerprint density at radius 3 is 2.56 bits per heavy atom. The molecule has 0 aliphatic heterocycles. The van der Waals surface area contributed by atoms with Gasteiger partial charge in [-0.25, -0.2) is 0 Å². The highest BCUT2D eigenvalue weighted by atomic mass is 19.4. The van der Waals surface area contributed by atoms with Crippen molar-refractivity contribution in [2.75, 3.05) is 6.61 Å². The molecule has 6 heteroatoms. The van der Waals surface area contributed by atoms with Gasteiger partial charge in [-0.1, -0.05) is 12.1 Å². The number of halogens is 3. The van der Waals surface area contributed by atoms with Gasteiger partial charge >= 0.3 is 6.36 Å². The zero-order valence-corrected chi connectivity index (χ0v) is 9.95. The molecule has 0 saturated heterocycles. The molecule has 18 heavy (non-hydrogen) atoms. The predicted molar refractivity (Wildman–Crippen MR) is 58.5 cm³/mol. The Morgan fingerprint density at radius 2 is 2.00 bits per heavy atom. The highest BCUT2D eigenvalue weighted by Crippen LogP contribution is 2.23. The van der Waals surface area contributed by atoms with Crippen LogP contribution in [0.5, 0.6) is 5.75 Å². The van der Waals surface area contributed by atoms with E-state index in [1.54, 1.807) is 13.8 Å². The van der Waals surface area contributed by atoms with Gasteiger partial charge in [0.1, 0.15) is 12.4 Å². The zero-order chi connectivity index (χ0) is 13.8. The SMILES string of the molecule is CC(C)OCC(=O)c1cccc(OC(F)(F)F)c1. The standard InChI is InChI=1S/C12H13F3O3/c1-8(2)17-7-11(16)9-4-3-5-10(6-9)18-12(13,14)15/h3-6,8H,7H2,1-2H3.